The highest BCUT2D eigenvalue weighted by Gasteiger charge is 2.26. The number of likely N-dealkylation sites (tertiary alicyclic amines) is 1. The van der Waals surface area contributed by atoms with E-state index in [0.29, 0.717) is 23.6 Å². The van der Waals surface area contributed by atoms with Crippen molar-refractivity contribution in [3.63, 3.8) is 0 Å². The van der Waals surface area contributed by atoms with Gasteiger partial charge in [0.1, 0.15) is 17.3 Å². The van der Waals surface area contributed by atoms with E-state index in [2.05, 4.69) is 9.88 Å². The molecule has 23 heavy (non-hydrogen) atoms. The van der Waals surface area contributed by atoms with Gasteiger partial charge in [0, 0.05) is 18.7 Å². The molecule has 0 radical (unpaired) electrons. The summed E-state index contributed by atoms with van der Waals surface area (Å²) >= 11 is 0. The van der Waals surface area contributed by atoms with Gasteiger partial charge in [0.2, 0.25) is 5.89 Å². The van der Waals surface area contributed by atoms with Crippen LogP contribution in [0.4, 0.5) is 4.39 Å². The van der Waals surface area contributed by atoms with Gasteiger partial charge in [0.05, 0.1) is 25.0 Å². The normalized spacial score (nSPS) is 18.5. The summed E-state index contributed by atoms with van der Waals surface area (Å²) in [6, 6.07) is 4.78. The number of aliphatic hydroxyl groups is 1. The number of rotatable bonds is 5. The van der Waals surface area contributed by atoms with Gasteiger partial charge in [-0.05, 0) is 38.4 Å². The number of aryl methyl sites for hydroxylation is 1. The number of hydrogen-bond acceptors (Lipinski definition) is 5. The Hall–Kier alpha value is -1.92. The van der Waals surface area contributed by atoms with Crippen LogP contribution < -0.4 is 4.74 Å². The van der Waals surface area contributed by atoms with E-state index >= 15 is 0 Å². The van der Waals surface area contributed by atoms with Crippen LogP contribution in [0.5, 0.6) is 5.75 Å². The summed E-state index contributed by atoms with van der Waals surface area (Å²) in [6.45, 7) is 3.52. The van der Waals surface area contributed by atoms with Gasteiger partial charge in [0.25, 0.3) is 0 Å². The molecule has 0 unspecified atom stereocenters. The van der Waals surface area contributed by atoms with Crippen LogP contribution in [0.1, 0.15) is 24.3 Å². The van der Waals surface area contributed by atoms with Crippen LogP contribution >= 0.6 is 0 Å². The topological polar surface area (TPSA) is 58.7 Å². The van der Waals surface area contributed by atoms with Crippen molar-refractivity contribution < 1.29 is 18.7 Å². The maximum absolute atomic E-state index is 14.2. The van der Waals surface area contributed by atoms with Crippen LogP contribution in [0.15, 0.2) is 22.6 Å². The number of benzene rings is 1. The lowest BCUT2D eigenvalue weighted by molar-refractivity contribution is 0.152. The molecule has 0 amide bonds. The van der Waals surface area contributed by atoms with Crippen LogP contribution in [-0.4, -0.2) is 41.3 Å². The Morgan fingerprint density at radius 1 is 1.48 bits per heavy atom. The first-order valence-electron chi connectivity index (χ1n) is 7.77. The first-order valence-corrected chi connectivity index (χ1v) is 7.77. The third-order valence-corrected chi connectivity index (χ3v) is 4.36. The largest absolute Gasteiger partial charge is 0.497 e. The molecule has 5 nitrogen and oxygen atoms in total. The number of aliphatic hydroxyl groups excluding tert-OH is 1. The molecule has 0 spiro atoms. The molecule has 0 saturated carbocycles. The van der Waals surface area contributed by atoms with Crippen molar-refractivity contribution in [1.82, 2.24) is 9.88 Å². The van der Waals surface area contributed by atoms with Gasteiger partial charge in [-0.1, -0.05) is 0 Å². The van der Waals surface area contributed by atoms with Gasteiger partial charge in [-0.25, -0.2) is 9.37 Å². The number of oxazole rings is 1. The second-order valence-corrected chi connectivity index (χ2v) is 5.82. The second kappa shape index (κ2) is 6.68. The Bertz CT molecular complexity index is 686. The molecule has 1 aromatic carbocycles. The minimum absolute atomic E-state index is 0.150. The molecule has 2 heterocycles. The SMILES string of the molecule is COc1ccc(-c2nc(CN3CCC[C@H]3CO)c(C)o2)c(F)c1. The third kappa shape index (κ3) is 3.23. The molecule has 1 atom stereocenters. The zero-order valence-corrected chi connectivity index (χ0v) is 13.4. The Morgan fingerprint density at radius 3 is 3.00 bits per heavy atom. The summed E-state index contributed by atoms with van der Waals surface area (Å²) in [6.07, 6.45) is 2.06. The first kappa shape index (κ1) is 16.0. The summed E-state index contributed by atoms with van der Waals surface area (Å²) in [4.78, 5) is 6.65. The van der Waals surface area contributed by atoms with E-state index in [-0.39, 0.29) is 18.5 Å². The third-order valence-electron chi connectivity index (χ3n) is 4.36. The average molecular weight is 320 g/mol. The fourth-order valence-corrected chi connectivity index (χ4v) is 2.99. The molecule has 1 aliphatic rings. The van der Waals surface area contributed by atoms with Crippen LogP contribution in [0.25, 0.3) is 11.5 Å². The van der Waals surface area contributed by atoms with Gasteiger partial charge in [-0.3, -0.25) is 4.90 Å². The van der Waals surface area contributed by atoms with Crippen LogP contribution in [0, 0.1) is 12.7 Å². The van der Waals surface area contributed by atoms with Crippen LogP contribution in [0.2, 0.25) is 0 Å². The maximum Gasteiger partial charge on any atom is 0.229 e. The molecule has 1 aromatic heterocycles. The second-order valence-electron chi connectivity index (χ2n) is 5.82. The van der Waals surface area contributed by atoms with Crippen molar-refractivity contribution in [2.45, 2.75) is 32.4 Å². The van der Waals surface area contributed by atoms with Crippen LogP contribution in [-0.2, 0) is 6.54 Å². The zero-order chi connectivity index (χ0) is 16.4. The van der Waals surface area contributed by atoms with E-state index in [1.165, 1.54) is 13.2 Å². The molecule has 1 fully saturated rings. The smallest absolute Gasteiger partial charge is 0.229 e. The van der Waals surface area contributed by atoms with Crippen molar-refractivity contribution in [3.05, 3.63) is 35.5 Å². The predicted molar refractivity (Wildman–Crippen MR) is 83.7 cm³/mol. The number of halogens is 1. The monoisotopic (exact) mass is 320 g/mol. The van der Waals surface area contributed by atoms with E-state index in [9.17, 15) is 9.50 Å². The van der Waals surface area contributed by atoms with E-state index in [4.69, 9.17) is 9.15 Å². The summed E-state index contributed by atoms with van der Waals surface area (Å²) < 4.78 is 24.8. The Balaban J connectivity index is 1.83. The fourth-order valence-electron chi connectivity index (χ4n) is 2.99. The quantitative estimate of drug-likeness (QED) is 0.918. The van der Waals surface area contributed by atoms with Crippen molar-refractivity contribution in [1.29, 1.82) is 0 Å². The van der Waals surface area contributed by atoms with E-state index in [0.717, 1.165) is 25.1 Å². The lowest BCUT2D eigenvalue weighted by Gasteiger charge is -2.21. The number of ether oxygens (including phenoxy) is 1. The minimum atomic E-state index is -0.424. The lowest BCUT2D eigenvalue weighted by atomic mass is 10.2. The summed E-state index contributed by atoms with van der Waals surface area (Å²) in [5.74, 6) is 0.986. The summed E-state index contributed by atoms with van der Waals surface area (Å²) in [5, 5.41) is 9.41. The molecular formula is C17H21FN2O3. The number of methoxy groups -OCH3 is 1. The van der Waals surface area contributed by atoms with E-state index in [1.54, 1.807) is 12.1 Å². The Morgan fingerprint density at radius 2 is 2.30 bits per heavy atom. The molecule has 6 heteroatoms. The fraction of sp³-hybridized carbons (Fsp3) is 0.471. The van der Waals surface area contributed by atoms with Crippen molar-refractivity contribution >= 4 is 0 Å². The van der Waals surface area contributed by atoms with E-state index in [1.807, 2.05) is 6.92 Å². The molecule has 2 aromatic rings. The molecule has 0 bridgehead atoms. The molecule has 124 valence electrons. The van der Waals surface area contributed by atoms with E-state index < -0.39 is 5.82 Å². The lowest BCUT2D eigenvalue weighted by Crippen LogP contribution is -2.31. The van der Waals surface area contributed by atoms with Crippen molar-refractivity contribution in [2.75, 3.05) is 20.3 Å². The van der Waals surface area contributed by atoms with Crippen LogP contribution in [0.3, 0.4) is 0 Å². The standard InChI is InChI=1S/C17H21FN2O3/c1-11-16(9-20-7-3-4-12(20)10-21)19-17(23-11)14-6-5-13(22-2)8-15(14)18/h5-6,8,12,21H,3-4,7,9-10H2,1-2H3/t12-/m0/s1. The van der Waals surface area contributed by atoms with Gasteiger partial charge in [0.15, 0.2) is 0 Å². The molecule has 1 aliphatic heterocycles. The van der Waals surface area contributed by atoms with Crippen molar-refractivity contribution in [3.8, 4) is 17.2 Å². The van der Waals surface area contributed by atoms with Gasteiger partial charge < -0.3 is 14.3 Å². The summed E-state index contributed by atoms with van der Waals surface area (Å²) in [7, 11) is 1.50. The molecule has 1 saturated heterocycles. The highest BCUT2D eigenvalue weighted by molar-refractivity contribution is 5.56. The number of nitrogens with zero attached hydrogens (tertiary/aromatic N) is 2. The highest BCUT2D eigenvalue weighted by atomic mass is 19.1. The average Bonchev–Trinajstić information content (AvgIpc) is 3.14. The van der Waals surface area contributed by atoms with Gasteiger partial charge in [-0.15, -0.1) is 0 Å². The van der Waals surface area contributed by atoms with Crippen molar-refractivity contribution in [2.24, 2.45) is 0 Å². The number of hydrogen-bond donors (Lipinski definition) is 1. The molecular weight excluding hydrogens is 299 g/mol. The minimum Gasteiger partial charge on any atom is -0.497 e. The predicted octanol–water partition coefficient (Wildman–Crippen LogP) is 2.75. The molecule has 3 rings (SSSR count). The zero-order valence-electron chi connectivity index (χ0n) is 13.4. The van der Waals surface area contributed by atoms with Gasteiger partial charge in [-0.2, -0.15) is 0 Å². The highest BCUT2D eigenvalue weighted by Crippen LogP contribution is 2.28. The first-order chi connectivity index (χ1) is 11.1. The Kier molecular flexibility index (Phi) is 4.63. The Labute approximate surface area is 134 Å². The summed E-state index contributed by atoms with van der Waals surface area (Å²) in [5.41, 5.74) is 1.11. The maximum atomic E-state index is 14.2. The number of aromatic nitrogens is 1. The molecule has 1 N–H and O–H groups in total. The van der Waals surface area contributed by atoms with Gasteiger partial charge >= 0.3 is 0 Å². The molecule has 0 aliphatic carbocycles.